The third-order valence-electron chi connectivity index (χ3n) is 4.63. The lowest BCUT2D eigenvalue weighted by atomic mass is 9.76. The van der Waals surface area contributed by atoms with E-state index in [4.69, 9.17) is 5.73 Å². The summed E-state index contributed by atoms with van der Waals surface area (Å²) >= 11 is 0. The molecule has 0 amide bonds. The van der Waals surface area contributed by atoms with E-state index in [0.717, 1.165) is 25.7 Å². The normalized spacial score (nSPS) is 27.7. The number of nitrogens with two attached hydrogens (primary N) is 1. The average Bonchev–Trinajstić information content (AvgIpc) is 2.66. The summed E-state index contributed by atoms with van der Waals surface area (Å²) in [4.78, 5) is 0. The van der Waals surface area contributed by atoms with Gasteiger partial charge in [0.25, 0.3) is 0 Å². The highest BCUT2D eigenvalue weighted by Gasteiger charge is 2.41. The molecule has 0 spiro atoms. The number of aliphatic hydroxyl groups excluding tert-OH is 1. The van der Waals surface area contributed by atoms with Crippen LogP contribution in [-0.2, 0) is 6.42 Å². The molecule has 0 aliphatic heterocycles. The Kier molecular flexibility index (Phi) is 3.79. The standard InChI is InChI=1S/C16H25NO/c1-11-7-12(2)14(13(3)8-11)9-16(10-17)6-4-5-15(16)18/h7-8,15,18H,4-6,9-10,17H2,1-3H3. The fraction of sp³-hybridized carbons (Fsp3) is 0.625. The predicted octanol–water partition coefficient (Wildman–Crippen LogP) is 2.64. The smallest absolute Gasteiger partial charge is 0.0611 e. The Balaban J connectivity index is 2.33. The lowest BCUT2D eigenvalue weighted by Crippen LogP contribution is -2.40. The van der Waals surface area contributed by atoms with E-state index in [-0.39, 0.29) is 11.5 Å². The molecular weight excluding hydrogens is 222 g/mol. The van der Waals surface area contributed by atoms with Crippen molar-refractivity contribution in [3.63, 3.8) is 0 Å². The Morgan fingerprint density at radius 3 is 2.33 bits per heavy atom. The maximum atomic E-state index is 10.3. The molecule has 0 saturated heterocycles. The number of hydrogen-bond donors (Lipinski definition) is 2. The van der Waals surface area contributed by atoms with Gasteiger partial charge in [-0.2, -0.15) is 0 Å². The summed E-state index contributed by atoms with van der Waals surface area (Å²) in [5.74, 6) is 0. The summed E-state index contributed by atoms with van der Waals surface area (Å²) in [7, 11) is 0. The highest BCUT2D eigenvalue weighted by atomic mass is 16.3. The van der Waals surface area contributed by atoms with Crippen LogP contribution < -0.4 is 5.73 Å². The van der Waals surface area contributed by atoms with Crippen LogP contribution in [0.3, 0.4) is 0 Å². The Morgan fingerprint density at radius 1 is 1.28 bits per heavy atom. The largest absolute Gasteiger partial charge is 0.392 e. The van der Waals surface area contributed by atoms with E-state index in [1.807, 2.05) is 0 Å². The third-order valence-corrected chi connectivity index (χ3v) is 4.63. The van der Waals surface area contributed by atoms with Crippen LogP contribution in [0.15, 0.2) is 12.1 Å². The Morgan fingerprint density at radius 2 is 1.89 bits per heavy atom. The third kappa shape index (κ3) is 2.32. The fourth-order valence-electron chi connectivity index (χ4n) is 3.48. The molecule has 2 rings (SSSR count). The molecule has 0 bridgehead atoms. The van der Waals surface area contributed by atoms with Crippen molar-refractivity contribution in [1.29, 1.82) is 0 Å². The molecule has 18 heavy (non-hydrogen) atoms. The van der Waals surface area contributed by atoms with E-state index < -0.39 is 0 Å². The van der Waals surface area contributed by atoms with Crippen molar-refractivity contribution in [2.45, 2.75) is 52.6 Å². The zero-order valence-electron chi connectivity index (χ0n) is 11.8. The van der Waals surface area contributed by atoms with Crippen LogP contribution in [0.2, 0.25) is 0 Å². The molecule has 2 atom stereocenters. The molecule has 1 aromatic rings. The summed E-state index contributed by atoms with van der Waals surface area (Å²) in [5.41, 5.74) is 11.2. The quantitative estimate of drug-likeness (QED) is 0.862. The van der Waals surface area contributed by atoms with Crippen LogP contribution >= 0.6 is 0 Å². The zero-order chi connectivity index (χ0) is 13.3. The number of benzene rings is 1. The van der Waals surface area contributed by atoms with E-state index in [1.165, 1.54) is 22.3 Å². The molecule has 0 aromatic heterocycles. The molecule has 3 N–H and O–H groups in total. The maximum absolute atomic E-state index is 10.3. The van der Waals surface area contributed by atoms with Crippen LogP contribution in [-0.4, -0.2) is 17.8 Å². The van der Waals surface area contributed by atoms with Gasteiger partial charge in [-0.25, -0.2) is 0 Å². The molecule has 0 radical (unpaired) electrons. The first kappa shape index (κ1) is 13.6. The summed E-state index contributed by atoms with van der Waals surface area (Å²) in [6.45, 7) is 7.05. The zero-order valence-corrected chi connectivity index (χ0v) is 11.8. The number of aryl methyl sites for hydroxylation is 3. The van der Waals surface area contributed by atoms with E-state index in [2.05, 4.69) is 32.9 Å². The van der Waals surface area contributed by atoms with Gasteiger partial charge in [-0.15, -0.1) is 0 Å². The van der Waals surface area contributed by atoms with Crippen LogP contribution in [0.5, 0.6) is 0 Å². The number of aliphatic hydroxyl groups is 1. The average molecular weight is 247 g/mol. The lowest BCUT2D eigenvalue weighted by Gasteiger charge is -2.32. The predicted molar refractivity (Wildman–Crippen MR) is 75.7 cm³/mol. The second kappa shape index (κ2) is 5.02. The van der Waals surface area contributed by atoms with E-state index >= 15 is 0 Å². The highest BCUT2D eigenvalue weighted by molar-refractivity contribution is 5.38. The van der Waals surface area contributed by atoms with Crippen molar-refractivity contribution < 1.29 is 5.11 Å². The van der Waals surface area contributed by atoms with Crippen molar-refractivity contribution in [1.82, 2.24) is 0 Å². The van der Waals surface area contributed by atoms with Gasteiger partial charge >= 0.3 is 0 Å². The summed E-state index contributed by atoms with van der Waals surface area (Å²) in [5, 5.41) is 10.3. The number of rotatable bonds is 3. The van der Waals surface area contributed by atoms with Crippen molar-refractivity contribution in [3.05, 3.63) is 34.4 Å². The van der Waals surface area contributed by atoms with Gasteiger partial charge in [-0.3, -0.25) is 0 Å². The van der Waals surface area contributed by atoms with Crippen molar-refractivity contribution in [2.75, 3.05) is 6.54 Å². The summed E-state index contributed by atoms with van der Waals surface area (Å²) < 4.78 is 0. The second-order valence-corrected chi connectivity index (χ2v) is 6.03. The Labute approximate surface area is 110 Å². The van der Waals surface area contributed by atoms with Crippen LogP contribution in [0.1, 0.15) is 41.5 Å². The van der Waals surface area contributed by atoms with Gasteiger partial charge in [0.1, 0.15) is 0 Å². The molecule has 0 heterocycles. The maximum Gasteiger partial charge on any atom is 0.0611 e. The van der Waals surface area contributed by atoms with Crippen LogP contribution in [0, 0.1) is 26.2 Å². The molecule has 100 valence electrons. The molecule has 1 fully saturated rings. The second-order valence-electron chi connectivity index (χ2n) is 6.03. The lowest BCUT2D eigenvalue weighted by molar-refractivity contribution is 0.0586. The fourth-order valence-corrected chi connectivity index (χ4v) is 3.48. The van der Waals surface area contributed by atoms with Crippen molar-refractivity contribution >= 4 is 0 Å². The van der Waals surface area contributed by atoms with E-state index in [9.17, 15) is 5.11 Å². The van der Waals surface area contributed by atoms with Crippen LogP contribution in [0.25, 0.3) is 0 Å². The van der Waals surface area contributed by atoms with Crippen LogP contribution in [0.4, 0.5) is 0 Å². The SMILES string of the molecule is Cc1cc(C)c(CC2(CN)CCCC2O)c(C)c1. The number of hydrogen-bond acceptors (Lipinski definition) is 2. The monoisotopic (exact) mass is 247 g/mol. The minimum absolute atomic E-state index is 0.0925. The molecule has 1 aromatic carbocycles. The first-order chi connectivity index (χ1) is 8.48. The van der Waals surface area contributed by atoms with Gasteiger partial charge in [0, 0.05) is 12.0 Å². The van der Waals surface area contributed by atoms with Gasteiger partial charge in [-0.1, -0.05) is 24.1 Å². The van der Waals surface area contributed by atoms with Gasteiger partial charge in [0.05, 0.1) is 6.10 Å². The van der Waals surface area contributed by atoms with E-state index in [0.29, 0.717) is 6.54 Å². The highest BCUT2D eigenvalue weighted by Crippen LogP contribution is 2.41. The molecule has 2 heteroatoms. The van der Waals surface area contributed by atoms with Gasteiger partial charge < -0.3 is 10.8 Å². The summed E-state index contributed by atoms with van der Waals surface area (Å²) in [6.07, 6.45) is 3.74. The Bertz CT molecular complexity index is 418. The minimum atomic E-state index is -0.234. The minimum Gasteiger partial charge on any atom is -0.392 e. The molecule has 1 saturated carbocycles. The van der Waals surface area contributed by atoms with E-state index in [1.54, 1.807) is 0 Å². The van der Waals surface area contributed by atoms with Gasteiger partial charge in [0.2, 0.25) is 0 Å². The van der Waals surface area contributed by atoms with Gasteiger partial charge in [-0.05, 0) is 56.7 Å². The molecular formula is C16H25NO. The molecule has 2 nitrogen and oxygen atoms in total. The molecule has 1 aliphatic carbocycles. The molecule has 1 aliphatic rings. The molecule has 2 unspecified atom stereocenters. The topological polar surface area (TPSA) is 46.2 Å². The summed E-state index contributed by atoms with van der Waals surface area (Å²) in [6, 6.07) is 4.46. The first-order valence-electron chi connectivity index (χ1n) is 6.93. The van der Waals surface area contributed by atoms with Crippen molar-refractivity contribution in [2.24, 2.45) is 11.1 Å². The first-order valence-corrected chi connectivity index (χ1v) is 6.93. The van der Waals surface area contributed by atoms with Crippen molar-refractivity contribution in [3.8, 4) is 0 Å². The Hall–Kier alpha value is -0.860. The van der Waals surface area contributed by atoms with Gasteiger partial charge in [0.15, 0.2) is 0 Å².